The molecule has 4 aliphatic rings. The second-order valence-electron chi connectivity index (χ2n) is 9.31. The van der Waals surface area contributed by atoms with Crippen LogP contribution in [0.5, 0.6) is 0 Å². The van der Waals surface area contributed by atoms with Gasteiger partial charge in [0.05, 0.1) is 16.7 Å². The molecule has 0 N–H and O–H groups in total. The highest BCUT2D eigenvalue weighted by atomic mass is 16.5. The molecule has 0 saturated carbocycles. The molecule has 164 valence electrons. The average molecular weight is 423 g/mol. The van der Waals surface area contributed by atoms with Crippen molar-refractivity contribution in [2.45, 2.75) is 46.1 Å². The fourth-order valence-corrected chi connectivity index (χ4v) is 5.53. The third-order valence-corrected chi connectivity index (χ3v) is 7.83. The Labute approximate surface area is 183 Å². The van der Waals surface area contributed by atoms with Crippen molar-refractivity contribution in [2.75, 3.05) is 32.8 Å². The van der Waals surface area contributed by atoms with E-state index in [0.717, 1.165) is 62.3 Å². The number of rotatable bonds is 4. The van der Waals surface area contributed by atoms with Gasteiger partial charge in [-0.3, -0.25) is 4.79 Å². The van der Waals surface area contributed by atoms with Crippen LogP contribution in [0.4, 0.5) is 0 Å². The summed E-state index contributed by atoms with van der Waals surface area (Å²) in [4.78, 5) is 29.3. The summed E-state index contributed by atoms with van der Waals surface area (Å²) in [6.07, 6.45) is 3.66. The fraction of sp³-hybridized carbons (Fsp3) is 0.520. The highest BCUT2D eigenvalue weighted by molar-refractivity contribution is 5.94. The Morgan fingerprint density at radius 1 is 1.03 bits per heavy atom. The van der Waals surface area contributed by atoms with Gasteiger partial charge in [-0.05, 0) is 63.7 Å². The molecule has 1 aromatic rings. The van der Waals surface area contributed by atoms with Gasteiger partial charge < -0.3 is 19.3 Å². The molecular formula is C25H30N2O4. The molecule has 1 spiro atoms. The van der Waals surface area contributed by atoms with Gasteiger partial charge in [-0.2, -0.15) is 0 Å². The number of esters is 1. The van der Waals surface area contributed by atoms with Crippen LogP contribution in [0.2, 0.25) is 0 Å². The van der Waals surface area contributed by atoms with Crippen molar-refractivity contribution in [1.82, 2.24) is 9.80 Å². The number of carbonyl (C=O) groups excluding carboxylic acids is 2. The van der Waals surface area contributed by atoms with Crippen LogP contribution < -0.4 is 0 Å². The Morgan fingerprint density at radius 3 is 2.48 bits per heavy atom. The smallest absolute Gasteiger partial charge is 0.336 e. The zero-order valence-corrected chi connectivity index (χ0v) is 18.5. The van der Waals surface area contributed by atoms with E-state index in [2.05, 4.69) is 30.5 Å². The number of piperidine rings is 1. The maximum atomic E-state index is 13.3. The third kappa shape index (κ3) is 3.28. The van der Waals surface area contributed by atoms with Crippen LogP contribution in [0.25, 0.3) is 5.76 Å². The van der Waals surface area contributed by atoms with Gasteiger partial charge in [0.1, 0.15) is 19.0 Å². The molecule has 0 aromatic heterocycles. The molecule has 2 saturated heterocycles. The Morgan fingerprint density at radius 2 is 1.77 bits per heavy atom. The van der Waals surface area contributed by atoms with Gasteiger partial charge in [0.25, 0.3) is 0 Å². The summed E-state index contributed by atoms with van der Waals surface area (Å²) >= 11 is 0. The lowest BCUT2D eigenvalue weighted by molar-refractivity contribution is -0.138. The van der Waals surface area contributed by atoms with Crippen LogP contribution in [0.3, 0.4) is 0 Å². The molecule has 0 aliphatic carbocycles. The molecule has 0 bridgehead atoms. The predicted octanol–water partition coefficient (Wildman–Crippen LogP) is 3.18. The number of likely N-dealkylation sites (tertiary alicyclic amines) is 2. The standard InChI is InChI=1S/C25H30N2O4/c1-16-19(4-5-20-18(3)30-14-21(16)20)6-10-26-11-7-25(8-12-26)9-13-27(24(25)29)22-15-31-23(28)17(22)2/h4-5H,3,6-15H2,1-2H3. The van der Waals surface area contributed by atoms with Gasteiger partial charge >= 0.3 is 5.97 Å². The Hall–Kier alpha value is -2.60. The molecule has 0 atom stereocenters. The molecule has 31 heavy (non-hydrogen) atoms. The van der Waals surface area contributed by atoms with Crippen LogP contribution in [-0.2, 0) is 32.1 Å². The number of fused-ring (bicyclic) bond motifs is 1. The van der Waals surface area contributed by atoms with E-state index in [-0.39, 0.29) is 23.9 Å². The first-order chi connectivity index (χ1) is 14.9. The SMILES string of the molecule is C=C1OCc2c1ccc(CCN1CCC3(CC1)CCN(C1=C(C)C(=O)OC1)C3=O)c2C. The highest BCUT2D eigenvalue weighted by Gasteiger charge is 2.49. The van der Waals surface area contributed by atoms with Crippen molar-refractivity contribution in [3.8, 4) is 0 Å². The molecule has 6 heteroatoms. The number of hydrogen-bond acceptors (Lipinski definition) is 5. The molecule has 4 aliphatic heterocycles. The first-order valence-electron chi connectivity index (χ1n) is 11.2. The number of hydrogen-bond donors (Lipinski definition) is 0. The first kappa shape index (κ1) is 20.3. The Bertz CT molecular complexity index is 1000. The third-order valence-electron chi connectivity index (χ3n) is 7.83. The van der Waals surface area contributed by atoms with E-state index in [4.69, 9.17) is 9.47 Å². The molecule has 1 aromatic carbocycles. The zero-order chi connectivity index (χ0) is 21.8. The minimum absolute atomic E-state index is 0.189. The summed E-state index contributed by atoms with van der Waals surface area (Å²) < 4.78 is 10.7. The Kier molecular flexibility index (Phi) is 4.93. The summed E-state index contributed by atoms with van der Waals surface area (Å²) in [5, 5.41) is 0. The quantitative estimate of drug-likeness (QED) is 0.698. The lowest BCUT2D eigenvalue weighted by Crippen LogP contribution is -2.45. The van der Waals surface area contributed by atoms with E-state index >= 15 is 0 Å². The van der Waals surface area contributed by atoms with E-state index in [0.29, 0.717) is 18.7 Å². The van der Waals surface area contributed by atoms with Crippen LogP contribution in [-0.4, -0.2) is 54.5 Å². The summed E-state index contributed by atoms with van der Waals surface area (Å²) in [7, 11) is 0. The second-order valence-corrected chi connectivity index (χ2v) is 9.31. The maximum Gasteiger partial charge on any atom is 0.336 e. The van der Waals surface area contributed by atoms with Crippen LogP contribution in [0.1, 0.15) is 48.4 Å². The van der Waals surface area contributed by atoms with Gasteiger partial charge in [-0.1, -0.05) is 18.7 Å². The summed E-state index contributed by atoms with van der Waals surface area (Å²) in [5.41, 5.74) is 6.20. The van der Waals surface area contributed by atoms with Crippen molar-refractivity contribution >= 4 is 17.6 Å². The predicted molar refractivity (Wildman–Crippen MR) is 117 cm³/mol. The summed E-state index contributed by atoms with van der Waals surface area (Å²) in [5.74, 6) is 0.673. The topological polar surface area (TPSA) is 59.1 Å². The second kappa shape index (κ2) is 7.52. The summed E-state index contributed by atoms with van der Waals surface area (Å²) in [6, 6.07) is 4.34. The number of ether oxygens (including phenoxy) is 2. The van der Waals surface area contributed by atoms with Gasteiger partial charge in [0.15, 0.2) is 0 Å². The van der Waals surface area contributed by atoms with E-state index in [1.807, 2.05) is 4.90 Å². The number of nitrogens with zero attached hydrogens (tertiary/aromatic N) is 2. The maximum absolute atomic E-state index is 13.3. The molecule has 4 heterocycles. The monoisotopic (exact) mass is 422 g/mol. The minimum atomic E-state index is -0.295. The van der Waals surface area contributed by atoms with Crippen LogP contribution in [0, 0.1) is 12.3 Å². The van der Waals surface area contributed by atoms with Gasteiger partial charge in [0, 0.05) is 24.2 Å². The van der Waals surface area contributed by atoms with E-state index < -0.39 is 0 Å². The molecular weight excluding hydrogens is 392 g/mol. The molecule has 2 fully saturated rings. The van der Waals surface area contributed by atoms with Crippen molar-refractivity contribution in [1.29, 1.82) is 0 Å². The first-order valence-corrected chi connectivity index (χ1v) is 11.2. The van der Waals surface area contributed by atoms with E-state index in [1.165, 1.54) is 16.7 Å². The number of amides is 1. The summed E-state index contributed by atoms with van der Waals surface area (Å²) in [6.45, 7) is 12.4. The normalized spacial score (nSPS) is 23.0. The molecule has 0 radical (unpaired) electrons. The highest BCUT2D eigenvalue weighted by Crippen LogP contribution is 2.43. The number of benzene rings is 1. The van der Waals surface area contributed by atoms with Crippen molar-refractivity contribution in [3.63, 3.8) is 0 Å². The van der Waals surface area contributed by atoms with Crippen molar-refractivity contribution in [2.24, 2.45) is 5.41 Å². The van der Waals surface area contributed by atoms with Gasteiger partial charge in [-0.25, -0.2) is 4.79 Å². The van der Waals surface area contributed by atoms with Gasteiger partial charge in [-0.15, -0.1) is 0 Å². The van der Waals surface area contributed by atoms with Crippen LogP contribution >= 0.6 is 0 Å². The zero-order valence-electron chi connectivity index (χ0n) is 18.5. The number of cyclic esters (lactones) is 1. The van der Waals surface area contributed by atoms with Crippen LogP contribution in [0.15, 0.2) is 30.0 Å². The lowest BCUT2D eigenvalue weighted by Gasteiger charge is -2.38. The fourth-order valence-electron chi connectivity index (χ4n) is 5.53. The molecule has 1 amide bonds. The minimum Gasteiger partial charge on any atom is -0.489 e. The van der Waals surface area contributed by atoms with Crippen molar-refractivity contribution < 1.29 is 19.1 Å². The molecule has 0 unspecified atom stereocenters. The average Bonchev–Trinajstić information content (AvgIpc) is 3.41. The van der Waals surface area contributed by atoms with E-state index in [9.17, 15) is 9.59 Å². The Balaban J connectivity index is 1.20. The van der Waals surface area contributed by atoms with Crippen molar-refractivity contribution in [3.05, 3.63) is 52.2 Å². The number of carbonyl (C=O) groups is 2. The molecule has 5 rings (SSSR count). The lowest BCUT2D eigenvalue weighted by atomic mass is 9.77. The van der Waals surface area contributed by atoms with Gasteiger partial charge in [0.2, 0.25) is 5.91 Å². The molecule has 6 nitrogen and oxygen atoms in total. The van der Waals surface area contributed by atoms with E-state index in [1.54, 1.807) is 6.92 Å². The largest absolute Gasteiger partial charge is 0.489 e.